The lowest BCUT2D eigenvalue weighted by atomic mass is 10.0. The summed E-state index contributed by atoms with van der Waals surface area (Å²) in [6.45, 7) is 0.371. The van der Waals surface area contributed by atoms with Crippen LogP contribution < -0.4 is 10.2 Å². The van der Waals surface area contributed by atoms with E-state index in [9.17, 15) is 4.79 Å². The van der Waals surface area contributed by atoms with Crippen molar-refractivity contribution in [3.05, 3.63) is 111 Å². The molecule has 1 amide bonds. The van der Waals surface area contributed by atoms with Gasteiger partial charge >= 0.3 is 0 Å². The van der Waals surface area contributed by atoms with Crippen LogP contribution in [0.5, 0.6) is 5.75 Å². The average molecular weight is 508 g/mol. The number of hydrogen-bond acceptors (Lipinski definition) is 3. The molecule has 0 spiro atoms. The number of nitrogens with zero attached hydrogens (tertiary/aromatic N) is 1. The molecule has 160 valence electrons. The first-order valence-corrected chi connectivity index (χ1v) is 11.2. The topological polar surface area (TPSA) is 50.7 Å². The molecule has 0 fully saturated rings. The van der Waals surface area contributed by atoms with Gasteiger partial charge in [0.15, 0.2) is 0 Å². The first-order chi connectivity index (χ1) is 15.6. The highest BCUT2D eigenvalue weighted by Crippen LogP contribution is 2.27. The van der Waals surface area contributed by atoms with E-state index in [0.29, 0.717) is 17.4 Å². The number of hydrogen-bond donors (Lipinski definition) is 1. The van der Waals surface area contributed by atoms with Gasteiger partial charge in [-0.3, -0.25) is 4.79 Å². The fourth-order valence-electron chi connectivity index (χ4n) is 3.32. The second-order valence-electron chi connectivity index (χ2n) is 7.18. The maximum absolute atomic E-state index is 12.3. The van der Waals surface area contributed by atoms with Crippen molar-refractivity contribution < 1.29 is 9.53 Å². The maximum atomic E-state index is 12.3. The summed E-state index contributed by atoms with van der Waals surface area (Å²) in [6, 6.07) is 27.1. The van der Waals surface area contributed by atoms with Gasteiger partial charge in [0.2, 0.25) is 5.91 Å². The van der Waals surface area contributed by atoms with Crippen LogP contribution >= 0.6 is 27.5 Å². The smallest absolute Gasteiger partial charge is 0.244 e. The SMILES string of the molecule is O=C(Cc1cccc2ccccc12)NN=Cc1ccc(OCc2ccccc2Cl)c(Br)c1. The van der Waals surface area contributed by atoms with Crippen molar-refractivity contribution in [1.29, 1.82) is 0 Å². The first-order valence-electron chi connectivity index (χ1n) is 10.0. The molecule has 4 rings (SSSR count). The molecule has 32 heavy (non-hydrogen) atoms. The standard InChI is InChI=1S/C26H20BrClN2O2/c27-23-14-18(12-13-25(23)32-17-21-7-2-4-11-24(21)28)16-29-30-26(31)15-20-9-5-8-19-6-1-3-10-22(19)20/h1-14,16H,15,17H2,(H,30,31). The Bertz CT molecular complexity index is 1280. The Balaban J connectivity index is 1.34. The lowest BCUT2D eigenvalue weighted by Gasteiger charge is -2.10. The molecule has 0 aliphatic rings. The minimum atomic E-state index is -0.170. The third-order valence-corrected chi connectivity index (χ3v) is 5.92. The van der Waals surface area contributed by atoms with Crippen molar-refractivity contribution in [3.8, 4) is 5.75 Å². The Kier molecular flexibility index (Phi) is 7.20. The van der Waals surface area contributed by atoms with Gasteiger partial charge in [-0.2, -0.15) is 5.10 Å². The van der Waals surface area contributed by atoms with Crippen molar-refractivity contribution >= 4 is 50.4 Å². The predicted molar refractivity (Wildman–Crippen MR) is 133 cm³/mol. The van der Waals surface area contributed by atoms with Crippen LogP contribution in [0.1, 0.15) is 16.7 Å². The zero-order chi connectivity index (χ0) is 22.3. The van der Waals surface area contributed by atoms with Crippen molar-refractivity contribution in [2.75, 3.05) is 0 Å². The molecule has 0 radical (unpaired) electrons. The molecule has 0 unspecified atom stereocenters. The quantitative estimate of drug-likeness (QED) is 0.228. The summed E-state index contributed by atoms with van der Waals surface area (Å²) in [5.74, 6) is 0.526. The van der Waals surface area contributed by atoms with Gasteiger partial charge in [0, 0.05) is 10.6 Å². The lowest BCUT2D eigenvalue weighted by molar-refractivity contribution is -0.120. The van der Waals surface area contributed by atoms with Gasteiger partial charge in [-0.1, -0.05) is 72.3 Å². The number of ether oxygens (including phenoxy) is 1. The summed E-state index contributed by atoms with van der Waals surface area (Å²) in [7, 11) is 0. The molecule has 0 aliphatic heterocycles. The molecular formula is C26H20BrClN2O2. The number of halogens is 2. The Hall–Kier alpha value is -3.15. The van der Waals surface area contributed by atoms with Crippen molar-refractivity contribution in [3.63, 3.8) is 0 Å². The van der Waals surface area contributed by atoms with Crippen molar-refractivity contribution in [2.45, 2.75) is 13.0 Å². The van der Waals surface area contributed by atoms with E-state index in [1.54, 1.807) is 6.21 Å². The fraction of sp³-hybridized carbons (Fsp3) is 0.0769. The Morgan fingerprint density at radius 3 is 2.56 bits per heavy atom. The first kappa shape index (κ1) is 22.1. The van der Waals surface area contributed by atoms with Gasteiger partial charge in [0.05, 0.1) is 17.1 Å². The molecule has 4 nitrogen and oxygen atoms in total. The van der Waals surface area contributed by atoms with Gasteiger partial charge in [-0.15, -0.1) is 0 Å². The average Bonchev–Trinajstić information content (AvgIpc) is 2.80. The van der Waals surface area contributed by atoms with E-state index in [0.717, 1.165) is 31.9 Å². The lowest BCUT2D eigenvalue weighted by Crippen LogP contribution is -2.19. The highest BCUT2D eigenvalue weighted by Gasteiger charge is 2.07. The largest absolute Gasteiger partial charge is 0.488 e. The van der Waals surface area contributed by atoms with Gasteiger partial charge in [-0.05, 0) is 62.1 Å². The van der Waals surface area contributed by atoms with Crippen LogP contribution in [0.2, 0.25) is 5.02 Å². The highest BCUT2D eigenvalue weighted by molar-refractivity contribution is 9.10. The van der Waals surface area contributed by atoms with E-state index in [2.05, 4.69) is 26.5 Å². The van der Waals surface area contributed by atoms with E-state index in [1.807, 2.05) is 84.9 Å². The van der Waals surface area contributed by atoms with E-state index >= 15 is 0 Å². The van der Waals surface area contributed by atoms with E-state index < -0.39 is 0 Å². The third kappa shape index (κ3) is 5.55. The zero-order valence-corrected chi connectivity index (χ0v) is 19.4. The molecular weight excluding hydrogens is 488 g/mol. The molecule has 0 heterocycles. The second-order valence-corrected chi connectivity index (χ2v) is 8.44. The number of fused-ring (bicyclic) bond motifs is 1. The third-order valence-electron chi connectivity index (χ3n) is 4.93. The number of nitrogens with one attached hydrogen (secondary N) is 1. The van der Waals surface area contributed by atoms with Crippen LogP contribution in [0.3, 0.4) is 0 Å². The monoisotopic (exact) mass is 506 g/mol. The second kappa shape index (κ2) is 10.4. The summed E-state index contributed by atoms with van der Waals surface area (Å²) < 4.78 is 6.64. The molecule has 0 saturated carbocycles. The molecule has 1 N–H and O–H groups in total. The van der Waals surface area contributed by atoms with E-state index in [1.165, 1.54) is 0 Å². The van der Waals surface area contributed by atoms with Crippen LogP contribution in [-0.4, -0.2) is 12.1 Å². The zero-order valence-electron chi connectivity index (χ0n) is 17.1. The molecule has 0 aliphatic carbocycles. The summed E-state index contributed by atoms with van der Waals surface area (Å²) in [4.78, 5) is 12.3. The Labute approximate surface area is 200 Å². The van der Waals surface area contributed by atoms with E-state index in [4.69, 9.17) is 16.3 Å². The number of amides is 1. The maximum Gasteiger partial charge on any atom is 0.244 e. The normalized spacial score (nSPS) is 11.1. The fourth-order valence-corrected chi connectivity index (χ4v) is 4.02. The molecule has 0 bridgehead atoms. The summed E-state index contributed by atoms with van der Waals surface area (Å²) >= 11 is 9.69. The minimum Gasteiger partial charge on any atom is -0.488 e. The van der Waals surface area contributed by atoms with Crippen molar-refractivity contribution in [1.82, 2.24) is 5.43 Å². The Morgan fingerprint density at radius 2 is 1.72 bits per heavy atom. The van der Waals surface area contributed by atoms with Crippen LogP contribution in [-0.2, 0) is 17.8 Å². The number of carbonyl (C=O) groups is 1. The molecule has 0 aromatic heterocycles. The number of hydrazone groups is 1. The Morgan fingerprint density at radius 1 is 0.969 bits per heavy atom. The minimum absolute atomic E-state index is 0.170. The summed E-state index contributed by atoms with van der Waals surface area (Å²) in [5.41, 5.74) is 5.32. The van der Waals surface area contributed by atoms with Crippen LogP contribution in [0, 0.1) is 0 Å². The van der Waals surface area contributed by atoms with E-state index in [-0.39, 0.29) is 12.3 Å². The van der Waals surface area contributed by atoms with Crippen LogP contribution in [0.15, 0.2) is 94.5 Å². The van der Waals surface area contributed by atoms with Gasteiger partial charge in [0.25, 0.3) is 0 Å². The molecule has 6 heteroatoms. The van der Waals surface area contributed by atoms with Gasteiger partial charge < -0.3 is 4.74 Å². The summed E-state index contributed by atoms with van der Waals surface area (Å²) in [5, 5.41) is 6.95. The van der Waals surface area contributed by atoms with Crippen molar-refractivity contribution in [2.24, 2.45) is 5.10 Å². The highest BCUT2D eigenvalue weighted by atomic mass is 79.9. The molecule has 0 atom stereocenters. The number of carbonyl (C=O) groups excluding carboxylic acids is 1. The summed E-state index contributed by atoms with van der Waals surface area (Å²) in [6.07, 6.45) is 1.86. The number of rotatable bonds is 7. The number of benzene rings is 4. The van der Waals surface area contributed by atoms with Gasteiger partial charge in [-0.25, -0.2) is 5.43 Å². The molecule has 0 saturated heterocycles. The predicted octanol–water partition coefficient (Wildman–Crippen LogP) is 6.53. The molecule has 4 aromatic rings. The van der Waals surface area contributed by atoms with Crippen LogP contribution in [0.25, 0.3) is 10.8 Å². The van der Waals surface area contributed by atoms with Gasteiger partial charge in [0.1, 0.15) is 12.4 Å². The molecule has 4 aromatic carbocycles. The van der Waals surface area contributed by atoms with Crippen LogP contribution in [0.4, 0.5) is 0 Å².